The van der Waals surface area contributed by atoms with Crippen molar-refractivity contribution >= 4 is 0 Å². The highest BCUT2D eigenvalue weighted by Crippen LogP contribution is 1.88. The summed E-state index contributed by atoms with van der Waals surface area (Å²) in [7, 11) is 0. The zero-order valence-electron chi connectivity index (χ0n) is 6.54. The van der Waals surface area contributed by atoms with Crippen LogP contribution in [0.5, 0.6) is 0 Å². The van der Waals surface area contributed by atoms with E-state index in [0.717, 1.165) is 5.69 Å². The molecule has 1 aromatic rings. The van der Waals surface area contributed by atoms with Crippen LogP contribution in [0.25, 0.3) is 0 Å². The lowest BCUT2D eigenvalue weighted by atomic mass is 10.3. The molecule has 0 aromatic carbocycles. The Kier molecular flexibility index (Phi) is 3.44. The van der Waals surface area contributed by atoms with E-state index < -0.39 is 0 Å². The van der Waals surface area contributed by atoms with Crippen LogP contribution < -0.4 is 5.73 Å². The van der Waals surface area contributed by atoms with Crippen molar-refractivity contribution in [1.29, 1.82) is 0 Å². The second-order valence-corrected chi connectivity index (χ2v) is 1.97. The van der Waals surface area contributed by atoms with Gasteiger partial charge in [0, 0.05) is 6.20 Å². The largest absolute Gasteiger partial charge is 0.320 e. The van der Waals surface area contributed by atoms with Crippen molar-refractivity contribution < 1.29 is 0 Å². The zero-order valence-corrected chi connectivity index (χ0v) is 6.54. The van der Waals surface area contributed by atoms with E-state index in [9.17, 15) is 0 Å². The second kappa shape index (κ2) is 4.96. The molecular weight excluding hydrogens is 148 g/mol. The molecule has 0 spiro atoms. The van der Waals surface area contributed by atoms with Crippen molar-refractivity contribution in [2.75, 3.05) is 6.54 Å². The molecule has 0 saturated carbocycles. The van der Waals surface area contributed by atoms with Crippen molar-refractivity contribution in [3.8, 4) is 23.7 Å². The van der Waals surface area contributed by atoms with Gasteiger partial charge in [-0.25, -0.2) is 4.98 Å². The lowest BCUT2D eigenvalue weighted by Gasteiger charge is -1.82. The second-order valence-electron chi connectivity index (χ2n) is 1.97. The van der Waals surface area contributed by atoms with E-state index in [1.807, 2.05) is 18.2 Å². The number of rotatable bonds is 0. The van der Waals surface area contributed by atoms with Gasteiger partial charge in [-0.3, -0.25) is 0 Å². The first-order chi connectivity index (χ1) is 5.93. The Labute approximate surface area is 71.8 Å². The van der Waals surface area contributed by atoms with Gasteiger partial charge in [0.2, 0.25) is 0 Å². The van der Waals surface area contributed by atoms with Crippen LogP contribution >= 0.6 is 0 Å². The molecule has 1 heterocycles. The van der Waals surface area contributed by atoms with Gasteiger partial charge >= 0.3 is 0 Å². The van der Waals surface area contributed by atoms with E-state index in [-0.39, 0.29) is 0 Å². The van der Waals surface area contributed by atoms with E-state index in [1.54, 1.807) is 6.20 Å². The number of pyridine rings is 1. The van der Waals surface area contributed by atoms with Crippen LogP contribution in [0.3, 0.4) is 0 Å². The maximum Gasteiger partial charge on any atom is 0.114 e. The van der Waals surface area contributed by atoms with Crippen LogP contribution in [0.15, 0.2) is 24.4 Å². The summed E-state index contributed by atoms with van der Waals surface area (Å²) >= 11 is 0. The van der Waals surface area contributed by atoms with E-state index in [4.69, 9.17) is 5.73 Å². The summed E-state index contributed by atoms with van der Waals surface area (Å²) in [6.07, 6.45) is 1.69. The quantitative estimate of drug-likeness (QED) is 0.552. The molecule has 0 aliphatic heterocycles. The van der Waals surface area contributed by atoms with Crippen LogP contribution in [-0.2, 0) is 0 Å². The minimum absolute atomic E-state index is 0.344. The highest BCUT2D eigenvalue weighted by atomic mass is 14.6. The molecular formula is C10H8N2. The Hall–Kier alpha value is -1.77. The van der Waals surface area contributed by atoms with Crippen LogP contribution in [0, 0.1) is 23.7 Å². The van der Waals surface area contributed by atoms with Gasteiger partial charge in [0.15, 0.2) is 0 Å². The lowest BCUT2D eigenvalue weighted by Crippen LogP contribution is -1.92. The van der Waals surface area contributed by atoms with Crippen molar-refractivity contribution in [2.24, 2.45) is 5.73 Å². The topological polar surface area (TPSA) is 38.9 Å². The van der Waals surface area contributed by atoms with Crippen LogP contribution in [-0.4, -0.2) is 11.5 Å². The van der Waals surface area contributed by atoms with E-state index in [0.29, 0.717) is 6.54 Å². The molecule has 2 N–H and O–H groups in total. The van der Waals surface area contributed by atoms with Crippen molar-refractivity contribution in [3.63, 3.8) is 0 Å². The monoisotopic (exact) mass is 156 g/mol. The summed E-state index contributed by atoms with van der Waals surface area (Å²) < 4.78 is 0. The number of aromatic nitrogens is 1. The average molecular weight is 156 g/mol. The fourth-order valence-corrected chi connectivity index (χ4v) is 0.627. The first-order valence-corrected chi connectivity index (χ1v) is 3.53. The molecule has 2 nitrogen and oxygen atoms in total. The Morgan fingerprint density at radius 3 is 2.92 bits per heavy atom. The molecule has 0 saturated heterocycles. The maximum atomic E-state index is 5.15. The SMILES string of the molecule is NCC#CC#Cc1ccccn1. The molecule has 0 aliphatic rings. The fourth-order valence-electron chi connectivity index (χ4n) is 0.627. The minimum atomic E-state index is 0.344. The standard InChI is InChI=1S/C10H8N2/c11-8-4-1-2-6-10-7-3-5-9-12-10/h3,5,7,9H,8,11H2. The van der Waals surface area contributed by atoms with E-state index >= 15 is 0 Å². The highest BCUT2D eigenvalue weighted by Gasteiger charge is 1.80. The number of hydrogen-bond acceptors (Lipinski definition) is 2. The first kappa shape index (κ1) is 8.33. The van der Waals surface area contributed by atoms with Crippen LogP contribution in [0.1, 0.15) is 5.69 Å². The lowest BCUT2D eigenvalue weighted by molar-refractivity contribution is 1.29. The Balaban J connectivity index is 2.67. The van der Waals surface area contributed by atoms with Crippen molar-refractivity contribution in [3.05, 3.63) is 30.1 Å². The summed E-state index contributed by atoms with van der Waals surface area (Å²) in [5.41, 5.74) is 5.88. The summed E-state index contributed by atoms with van der Waals surface area (Å²) in [4.78, 5) is 4.00. The van der Waals surface area contributed by atoms with Crippen molar-refractivity contribution in [2.45, 2.75) is 0 Å². The molecule has 58 valence electrons. The van der Waals surface area contributed by atoms with Gasteiger partial charge in [0.25, 0.3) is 0 Å². The van der Waals surface area contributed by atoms with E-state index in [2.05, 4.69) is 28.7 Å². The van der Waals surface area contributed by atoms with Crippen molar-refractivity contribution in [1.82, 2.24) is 4.98 Å². The van der Waals surface area contributed by atoms with Gasteiger partial charge in [-0.15, -0.1) is 0 Å². The van der Waals surface area contributed by atoms with Gasteiger partial charge < -0.3 is 5.73 Å². The molecule has 0 aliphatic carbocycles. The molecule has 0 radical (unpaired) electrons. The zero-order chi connectivity index (χ0) is 8.65. The molecule has 1 rings (SSSR count). The molecule has 1 aromatic heterocycles. The Bertz CT molecular complexity index is 346. The van der Waals surface area contributed by atoms with Gasteiger partial charge in [0.05, 0.1) is 6.54 Å². The van der Waals surface area contributed by atoms with Gasteiger partial charge in [-0.05, 0) is 29.9 Å². The molecule has 0 fully saturated rings. The third-order valence-electron chi connectivity index (χ3n) is 1.11. The smallest absolute Gasteiger partial charge is 0.114 e. The number of hydrogen-bond donors (Lipinski definition) is 1. The minimum Gasteiger partial charge on any atom is -0.320 e. The molecule has 0 atom stereocenters. The third-order valence-corrected chi connectivity index (χ3v) is 1.11. The normalized spacial score (nSPS) is 7.42. The predicted molar refractivity (Wildman–Crippen MR) is 47.9 cm³/mol. The number of nitrogens with two attached hydrogens (primary N) is 1. The van der Waals surface area contributed by atoms with Gasteiger partial charge in [-0.2, -0.15) is 0 Å². The molecule has 12 heavy (non-hydrogen) atoms. The van der Waals surface area contributed by atoms with Crippen LogP contribution in [0.2, 0.25) is 0 Å². The molecule has 0 unspecified atom stereocenters. The molecule has 2 heteroatoms. The third kappa shape index (κ3) is 2.88. The fraction of sp³-hybridized carbons (Fsp3) is 0.100. The first-order valence-electron chi connectivity index (χ1n) is 3.53. The predicted octanol–water partition coefficient (Wildman–Crippen LogP) is 0.395. The van der Waals surface area contributed by atoms with Crippen LogP contribution in [0.4, 0.5) is 0 Å². The van der Waals surface area contributed by atoms with E-state index in [1.165, 1.54) is 0 Å². The summed E-state index contributed by atoms with van der Waals surface area (Å²) in [6, 6.07) is 5.56. The average Bonchev–Trinajstić information content (AvgIpc) is 2.14. The summed E-state index contributed by atoms with van der Waals surface area (Å²) in [5.74, 6) is 10.7. The summed E-state index contributed by atoms with van der Waals surface area (Å²) in [6.45, 7) is 0.344. The Morgan fingerprint density at radius 1 is 1.33 bits per heavy atom. The molecule has 0 bridgehead atoms. The Morgan fingerprint density at radius 2 is 2.25 bits per heavy atom. The maximum absolute atomic E-state index is 5.15. The highest BCUT2D eigenvalue weighted by molar-refractivity contribution is 5.35. The van der Waals surface area contributed by atoms with Gasteiger partial charge in [-0.1, -0.05) is 12.0 Å². The number of nitrogens with zero attached hydrogens (tertiary/aromatic N) is 1. The summed E-state index contributed by atoms with van der Waals surface area (Å²) in [5, 5.41) is 0. The molecule has 0 amide bonds. The van der Waals surface area contributed by atoms with Gasteiger partial charge in [0.1, 0.15) is 5.69 Å².